The molecule has 1 aromatic rings. The van der Waals surface area contributed by atoms with Crippen LogP contribution in [0.3, 0.4) is 0 Å². The molecule has 1 fully saturated rings. The van der Waals surface area contributed by atoms with Crippen molar-refractivity contribution >= 4 is 28.3 Å². The largest absolute Gasteiger partial charge is 0.465 e. The van der Waals surface area contributed by atoms with E-state index < -0.39 is 5.97 Å². The Hall–Kier alpha value is -1.34. The zero-order chi connectivity index (χ0) is 13.2. The first-order chi connectivity index (χ1) is 8.56. The molecule has 2 heterocycles. The van der Waals surface area contributed by atoms with Crippen LogP contribution in [0.4, 0.5) is 10.8 Å². The Morgan fingerprint density at radius 2 is 2.50 bits per heavy atom. The minimum absolute atomic E-state index is 0.188. The molecule has 3 N–H and O–H groups in total. The number of rotatable bonds is 4. The van der Waals surface area contributed by atoms with Crippen LogP contribution >= 0.6 is 11.5 Å². The number of anilines is 2. The van der Waals surface area contributed by atoms with E-state index in [0.29, 0.717) is 17.1 Å². The standard InChI is InChI=1S/C11H17N3O3S/c1-11(4-3-5-17-11)6-13-9-7(10(15)16-2)8(12)14-18-9/h13H,3-6H2,1-2H3,(H2,12,14). The van der Waals surface area contributed by atoms with E-state index >= 15 is 0 Å². The fourth-order valence-electron chi connectivity index (χ4n) is 1.97. The van der Waals surface area contributed by atoms with Crippen LogP contribution in [0.1, 0.15) is 30.1 Å². The first kappa shape index (κ1) is 13.1. The third kappa shape index (κ3) is 2.56. The van der Waals surface area contributed by atoms with Crippen molar-refractivity contribution in [3.05, 3.63) is 5.56 Å². The second-order valence-electron chi connectivity index (χ2n) is 4.52. The Morgan fingerprint density at radius 1 is 1.72 bits per heavy atom. The van der Waals surface area contributed by atoms with Crippen molar-refractivity contribution in [3.8, 4) is 0 Å². The highest BCUT2D eigenvalue weighted by molar-refractivity contribution is 7.11. The van der Waals surface area contributed by atoms with Crippen molar-refractivity contribution in [2.24, 2.45) is 0 Å². The second kappa shape index (κ2) is 5.11. The van der Waals surface area contributed by atoms with Gasteiger partial charge in [-0.1, -0.05) is 0 Å². The van der Waals surface area contributed by atoms with Gasteiger partial charge < -0.3 is 20.5 Å². The number of aromatic nitrogens is 1. The SMILES string of the molecule is COC(=O)c1c(N)nsc1NCC1(C)CCCO1. The molecule has 18 heavy (non-hydrogen) atoms. The molecule has 0 radical (unpaired) electrons. The summed E-state index contributed by atoms with van der Waals surface area (Å²) in [7, 11) is 1.32. The van der Waals surface area contributed by atoms with Crippen molar-refractivity contribution in [1.29, 1.82) is 0 Å². The third-order valence-corrected chi connectivity index (χ3v) is 3.85. The van der Waals surface area contributed by atoms with Crippen LogP contribution in [0.15, 0.2) is 0 Å². The van der Waals surface area contributed by atoms with Gasteiger partial charge >= 0.3 is 5.97 Å². The molecule has 1 saturated heterocycles. The molecule has 0 aromatic carbocycles. The van der Waals surface area contributed by atoms with Crippen LogP contribution in [0.5, 0.6) is 0 Å². The van der Waals surface area contributed by atoms with Gasteiger partial charge in [-0.15, -0.1) is 0 Å². The lowest BCUT2D eigenvalue weighted by molar-refractivity contribution is 0.0315. The molecule has 1 atom stereocenters. The number of nitrogens with one attached hydrogen (secondary N) is 1. The van der Waals surface area contributed by atoms with Crippen molar-refractivity contribution in [2.75, 3.05) is 31.3 Å². The number of nitrogens with zero attached hydrogens (tertiary/aromatic N) is 1. The number of ether oxygens (including phenoxy) is 2. The van der Waals surface area contributed by atoms with E-state index in [1.165, 1.54) is 7.11 Å². The number of methoxy groups -OCH3 is 1. The fourth-order valence-corrected chi connectivity index (χ4v) is 2.66. The van der Waals surface area contributed by atoms with E-state index in [9.17, 15) is 4.79 Å². The first-order valence-electron chi connectivity index (χ1n) is 5.77. The average molecular weight is 271 g/mol. The molecule has 0 amide bonds. The van der Waals surface area contributed by atoms with E-state index in [1.54, 1.807) is 0 Å². The third-order valence-electron chi connectivity index (χ3n) is 3.03. The van der Waals surface area contributed by atoms with Crippen LogP contribution in [0, 0.1) is 0 Å². The van der Waals surface area contributed by atoms with Crippen molar-refractivity contribution in [2.45, 2.75) is 25.4 Å². The van der Waals surface area contributed by atoms with Crippen LogP contribution in [-0.2, 0) is 9.47 Å². The van der Waals surface area contributed by atoms with Crippen LogP contribution in [0.25, 0.3) is 0 Å². The summed E-state index contributed by atoms with van der Waals surface area (Å²) in [6.07, 6.45) is 2.06. The number of hydrogen-bond acceptors (Lipinski definition) is 7. The lowest BCUT2D eigenvalue weighted by Gasteiger charge is -2.23. The summed E-state index contributed by atoms with van der Waals surface area (Å²) in [5.74, 6) is -0.270. The Morgan fingerprint density at radius 3 is 3.11 bits per heavy atom. The Bertz CT molecular complexity index is 441. The van der Waals surface area contributed by atoms with Gasteiger partial charge in [0.25, 0.3) is 0 Å². The summed E-state index contributed by atoms with van der Waals surface area (Å²) in [6.45, 7) is 3.46. The van der Waals surface area contributed by atoms with Crippen molar-refractivity contribution < 1.29 is 14.3 Å². The summed E-state index contributed by atoms with van der Waals surface area (Å²) < 4.78 is 14.3. The number of hydrogen-bond donors (Lipinski definition) is 2. The smallest absolute Gasteiger partial charge is 0.344 e. The molecule has 1 aliphatic rings. The molecule has 6 nitrogen and oxygen atoms in total. The molecular weight excluding hydrogens is 254 g/mol. The van der Waals surface area contributed by atoms with Gasteiger partial charge in [-0.05, 0) is 31.3 Å². The molecule has 7 heteroatoms. The Kier molecular flexibility index (Phi) is 3.72. The molecular formula is C11H17N3O3S. The van der Waals surface area contributed by atoms with Gasteiger partial charge in [0.15, 0.2) is 5.82 Å². The molecule has 0 bridgehead atoms. The topological polar surface area (TPSA) is 86.5 Å². The van der Waals surface area contributed by atoms with Gasteiger partial charge in [0.1, 0.15) is 10.6 Å². The first-order valence-corrected chi connectivity index (χ1v) is 6.54. The highest BCUT2D eigenvalue weighted by Gasteiger charge is 2.30. The molecule has 0 saturated carbocycles. The van der Waals surface area contributed by atoms with Crippen LogP contribution in [-0.4, -0.2) is 36.2 Å². The van der Waals surface area contributed by atoms with E-state index in [1.807, 2.05) is 0 Å². The molecule has 1 unspecified atom stereocenters. The number of nitrogens with two attached hydrogens (primary N) is 1. The summed E-state index contributed by atoms with van der Waals surface area (Å²) >= 11 is 1.16. The molecule has 0 aliphatic carbocycles. The van der Waals surface area contributed by atoms with Crippen molar-refractivity contribution in [1.82, 2.24) is 4.37 Å². The highest BCUT2D eigenvalue weighted by atomic mass is 32.1. The van der Waals surface area contributed by atoms with Gasteiger partial charge in [0, 0.05) is 13.2 Å². The van der Waals surface area contributed by atoms with Gasteiger partial charge in [-0.2, -0.15) is 4.37 Å². The maximum absolute atomic E-state index is 11.6. The van der Waals surface area contributed by atoms with E-state index in [4.69, 9.17) is 10.5 Å². The summed E-state index contributed by atoms with van der Waals surface area (Å²) in [6, 6.07) is 0. The minimum atomic E-state index is -0.471. The maximum Gasteiger partial charge on any atom is 0.344 e. The second-order valence-corrected chi connectivity index (χ2v) is 5.29. The quantitative estimate of drug-likeness (QED) is 0.807. The minimum Gasteiger partial charge on any atom is -0.465 e. The monoisotopic (exact) mass is 271 g/mol. The molecule has 0 spiro atoms. The molecule has 2 rings (SSSR count). The van der Waals surface area contributed by atoms with E-state index in [-0.39, 0.29) is 11.4 Å². The number of nitrogen functional groups attached to an aromatic ring is 1. The zero-order valence-corrected chi connectivity index (χ0v) is 11.3. The predicted octanol–water partition coefficient (Wildman–Crippen LogP) is 1.49. The normalized spacial score (nSPS) is 23.0. The van der Waals surface area contributed by atoms with E-state index in [2.05, 4.69) is 21.4 Å². The average Bonchev–Trinajstić information content (AvgIpc) is 2.93. The molecule has 1 aliphatic heterocycles. The summed E-state index contributed by atoms with van der Waals surface area (Å²) in [5.41, 5.74) is 5.78. The van der Waals surface area contributed by atoms with Gasteiger partial charge in [-0.3, -0.25) is 0 Å². The summed E-state index contributed by atoms with van der Waals surface area (Å²) in [4.78, 5) is 11.6. The Balaban J connectivity index is 2.07. The van der Waals surface area contributed by atoms with Crippen molar-refractivity contribution in [3.63, 3.8) is 0 Å². The van der Waals surface area contributed by atoms with Gasteiger partial charge in [0.05, 0.1) is 12.7 Å². The maximum atomic E-state index is 11.6. The van der Waals surface area contributed by atoms with Crippen LogP contribution < -0.4 is 11.1 Å². The highest BCUT2D eigenvalue weighted by Crippen LogP contribution is 2.30. The molecule has 100 valence electrons. The fraction of sp³-hybridized carbons (Fsp3) is 0.636. The van der Waals surface area contributed by atoms with Gasteiger partial charge in [0.2, 0.25) is 0 Å². The zero-order valence-electron chi connectivity index (χ0n) is 10.5. The lowest BCUT2D eigenvalue weighted by Crippen LogP contribution is -2.32. The lowest BCUT2D eigenvalue weighted by atomic mass is 10.0. The number of carbonyl (C=O) groups excluding carboxylic acids is 1. The van der Waals surface area contributed by atoms with Gasteiger partial charge in [-0.25, -0.2) is 4.79 Å². The number of esters is 1. The van der Waals surface area contributed by atoms with Crippen LogP contribution in [0.2, 0.25) is 0 Å². The van der Waals surface area contributed by atoms with E-state index in [0.717, 1.165) is 31.0 Å². The number of carbonyl (C=O) groups is 1. The Labute approximate surface area is 110 Å². The predicted molar refractivity (Wildman–Crippen MR) is 69.9 cm³/mol. The molecule has 1 aromatic heterocycles. The summed E-state index contributed by atoms with van der Waals surface area (Å²) in [5, 5.41) is 3.82.